The second-order valence-electron chi connectivity index (χ2n) is 5.09. The molecule has 1 atom stereocenters. The van der Waals surface area contributed by atoms with Crippen molar-refractivity contribution in [3.05, 3.63) is 70.0 Å². The van der Waals surface area contributed by atoms with Gasteiger partial charge in [0.2, 0.25) is 0 Å². The van der Waals surface area contributed by atoms with Crippen molar-refractivity contribution >= 4 is 15.9 Å². The lowest BCUT2D eigenvalue weighted by Crippen LogP contribution is -1.99. The van der Waals surface area contributed by atoms with E-state index in [1.807, 2.05) is 13.0 Å². The van der Waals surface area contributed by atoms with Gasteiger partial charge in [-0.25, -0.2) is 4.39 Å². The van der Waals surface area contributed by atoms with E-state index < -0.39 is 0 Å². The smallest absolute Gasteiger partial charge is 0.123 e. The number of halogens is 2. The van der Waals surface area contributed by atoms with E-state index in [0.29, 0.717) is 0 Å². The van der Waals surface area contributed by atoms with Crippen LogP contribution in [-0.2, 0) is 6.42 Å². The number of hydrogen-bond acceptors (Lipinski definition) is 0. The van der Waals surface area contributed by atoms with Gasteiger partial charge in [-0.15, -0.1) is 0 Å². The first-order chi connectivity index (χ1) is 8.97. The highest BCUT2D eigenvalue weighted by molar-refractivity contribution is 9.09. The van der Waals surface area contributed by atoms with E-state index in [1.165, 1.54) is 22.8 Å². The van der Waals surface area contributed by atoms with Gasteiger partial charge in [-0.05, 0) is 67.1 Å². The molecule has 0 fully saturated rings. The van der Waals surface area contributed by atoms with Crippen molar-refractivity contribution in [2.24, 2.45) is 0 Å². The molecule has 100 valence electrons. The van der Waals surface area contributed by atoms with E-state index in [2.05, 4.69) is 48.0 Å². The largest absolute Gasteiger partial charge is 0.207 e. The van der Waals surface area contributed by atoms with Crippen LogP contribution in [0.15, 0.2) is 36.4 Å². The first kappa shape index (κ1) is 14.3. The molecule has 0 aliphatic rings. The zero-order chi connectivity index (χ0) is 14.0. The van der Waals surface area contributed by atoms with E-state index in [-0.39, 0.29) is 10.6 Å². The van der Waals surface area contributed by atoms with E-state index in [9.17, 15) is 4.39 Å². The molecule has 0 aromatic heterocycles. The molecule has 2 heteroatoms. The van der Waals surface area contributed by atoms with Gasteiger partial charge in [0, 0.05) is 4.83 Å². The second-order valence-corrected chi connectivity index (χ2v) is 6.20. The fraction of sp³-hybridized carbons (Fsp3) is 0.294. The number of hydrogen-bond donors (Lipinski definition) is 0. The van der Waals surface area contributed by atoms with Gasteiger partial charge in [0.15, 0.2) is 0 Å². The zero-order valence-corrected chi connectivity index (χ0v) is 13.1. The first-order valence-electron chi connectivity index (χ1n) is 6.43. The molecule has 0 heterocycles. The van der Waals surface area contributed by atoms with Crippen LogP contribution in [-0.4, -0.2) is 0 Å². The molecule has 0 amide bonds. The molecule has 2 aromatic carbocycles. The summed E-state index contributed by atoms with van der Waals surface area (Å²) in [6, 6.07) is 11.5. The molecule has 0 aliphatic carbocycles. The summed E-state index contributed by atoms with van der Waals surface area (Å²) in [4.78, 5) is 0.218. The first-order valence-corrected chi connectivity index (χ1v) is 7.35. The Morgan fingerprint density at radius 2 is 1.68 bits per heavy atom. The molecule has 2 rings (SSSR count). The van der Waals surface area contributed by atoms with Gasteiger partial charge >= 0.3 is 0 Å². The molecule has 2 aromatic rings. The van der Waals surface area contributed by atoms with Gasteiger partial charge in [-0.1, -0.05) is 40.2 Å². The predicted octanol–water partition coefficient (Wildman–Crippen LogP) is 5.43. The summed E-state index contributed by atoms with van der Waals surface area (Å²) in [6.45, 7) is 6.20. The van der Waals surface area contributed by atoms with Gasteiger partial charge in [-0.3, -0.25) is 0 Å². The Hall–Kier alpha value is -1.15. The summed E-state index contributed by atoms with van der Waals surface area (Å²) in [5.41, 5.74) is 6.07. The monoisotopic (exact) mass is 320 g/mol. The predicted molar refractivity (Wildman–Crippen MR) is 82.4 cm³/mol. The fourth-order valence-electron chi connectivity index (χ4n) is 2.24. The van der Waals surface area contributed by atoms with Gasteiger partial charge in [0.25, 0.3) is 0 Å². The summed E-state index contributed by atoms with van der Waals surface area (Å²) in [5.74, 6) is -0.174. The molecule has 0 bridgehead atoms. The van der Waals surface area contributed by atoms with Gasteiger partial charge in [-0.2, -0.15) is 0 Å². The third-order valence-electron chi connectivity index (χ3n) is 3.56. The summed E-state index contributed by atoms with van der Waals surface area (Å²) in [7, 11) is 0. The normalized spacial score (nSPS) is 12.5. The van der Waals surface area contributed by atoms with E-state index >= 15 is 0 Å². The number of rotatable bonds is 3. The average Bonchev–Trinajstić information content (AvgIpc) is 2.33. The van der Waals surface area contributed by atoms with E-state index in [0.717, 1.165) is 17.5 Å². The molecule has 1 unspecified atom stereocenters. The van der Waals surface area contributed by atoms with Gasteiger partial charge in [0.1, 0.15) is 5.82 Å². The van der Waals surface area contributed by atoms with E-state index in [4.69, 9.17) is 0 Å². The van der Waals surface area contributed by atoms with Gasteiger partial charge in [0.05, 0.1) is 0 Å². The van der Waals surface area contributed by atoms with Crippen molar-refractivity contribution < 1.29 is 4.39 Å². The van der Waals surface area contributed by atoms with Crippen molar-refractivity contribution in [1.82, 2.24) is 0 Å². The molecular formula is C17H18BrF. The Morgan fingerprint density at radius 1 is 0.947 bits per heavy atom. The maximum absolute atomic E-state index is 13.1. The lowest BCUT2D eigenvalue weighted by Gasteiger charge is -2.14. The molecule has 0 nitrogen and oxygen atoms in total. The van der Waals surface area contributed by atoms with Crippen molar-refractivity contribution in [3.63, 3.8) is 0 Å². The van der Waals surface area contributed by atoms with E-state index in [1.54, 1.807) is 6.07 Å². The van der Waals surface area contributed by atoms with Crippen LogP contribution in [0.3, 0.4) is 0 Å². The average molecular weight is 321 g/mol. The minimum absolute atomic E-state index is 0.174. The van der Waals surface area contributed by atoms with Crippen LogP contribution in [0.25, 0.3) is 0 Å². The van der Waals surface area contributed by atoms with Crippen LogP contribution in [0.2, 0.25) is 0 Å². The Morgan fingerprint density at radius 3 is 2.32 bits per heavy atom. The minimum atomic E-state index is -0.174. The van der Waals surface area contributed by atoms with Crippen molar-refractivity contribution in [3.8, 4) is 0 Å². The molecule has 0 spiro atoms. The standard InChI is InChI=1S/C17H18BrF/c1-11-4-5-14(8-12(11)2)10-17(18)16-7-6-15(19)9-13(16)3/h4-9,17H,10H2,1-3H3. The quantitative estimate of drug-likeness (QED) is 0.661. The van der Waals surface area contributed by atoms with Crippen LogP contribution < -0.4 is 0 Å². The van der Waals surface area contributed by atoms with Crippen molar-refractivity contribution in [2.45, 2.75) is 32.0 Å². The molecule has 0 saturated heterocycles. The second kappa shape index (κ2) is 5.87. The zero-order valence-electron chi connectivity index (χ0n) is 11.5. The molecule has 19 heavy (non-hydrogen) atoms. The number of alkyl halides is 1. The number of aryl methyl sites for hydroxylation is 3. The molecule has 0 N–H and O–H groups in total. The Balaban J connectivity index is 2.20. The maximum atomic E-state index is 13.1. The Kier molecular flexibility index (Phi) is 4.41. The fourth-order valence-corrected chi connectivity index (χ4v) is 3.13. The lowest BCUT2D eigenvalue weighted by molar-refractivity contribution is 0.625. The molecular weight excluding hydrogens is 303 g/mol. The molecule has 0 radical (unpaired) electrons. The number of benzene rings is 2. The highest BCUT2D eigenvalue weighted by Crippen LogP contribution is 2.30. The molecule has 0 saturated carbocycles. The van der Waals surface area contributed by atoms with Crippen molar-refractivity contribution in [1.29, 1.82) is 0 Å². The summed E-state index contributed by atoms with van der Waals surface area (Å²) < 4.78 is 13.1. The minimum Gasteiger partial charge on any atom is -0.207 e. The topological polar surface area (TPSA) is 0 Å². The maximum Gasteiger partial charge on any atom is 0.123 e. The summed E-state index contributed by atoms with van der Waals surface area (Å²) in [6.07, 6.45) is 0.910. The van der Waals surface area contributed by atoms with Crippen LogP contribution >= 0.6 is 15.9 Å². The highest BCUT2D eigenvalue weighted by Gasteiger charge is 2.12. The van der Waals surface area contributed by atoms with Crippen LogP contribution in [0.5, 0.6) is 0 Å². The van der Waals surface area contributed by atoms with Gasteiger partial charge < -0.3 is 0 Å². The SMILES string of the molecule is Cc1ccc(CC(Br)c2ccc(F)cc2C)cc1C. The third-order valence-corrected chi connectivity index (χ3v) is 4.37. The summed E-state index contributed by atoms with van der Waals surface area (Å²) >= 11 is 3.72. The van der Waals surface area contributed by atoms with Crippen LogP contribution in [0.1, 0.15) is 32.6 Å². The Labute approximate surface area is 122 Å². The lowest BCUT2D eigenvalue weighted by atomic mass is 9.98. The third kappa shape index (κ3) is 3.44. The van der Waals surface area contributed by atoms with Crippen molar-refractivity contribution in [2.75, 3.05) is 0 Å². The van der Waals surface area contributed by atoms with Crippen LogP contribution in [0.4, 0.5) is 4.39 Å². The molecule has 0 aliphatic heterocycles. The Bertz CT molecular complexity index is 590. The summed E-state index contributed by atoms with van der Waals surface area (Å²) in [5, 5.41) is 0. The van der Waals surface area contributed by atoms with Crippen LogP contribution in [0, 0.1) is 26.6 Å². The highest BCUT2D eigenvalue weighted by atomic mass is 79.9.